The summed E-state index contributed by atoms with van der Waals surface area (Å²) in [6, 6.07) is 8.53. The minimum Gasteiger partial charge on any atom is -0.446 e. The summed E-state index contributed by atoms with van der Waals surface area (Å²) in [6.45, 7) is 0.287. The Labute approximate surface area is 154 Å². The highest BCUT2D eigenvalue weighted by Gasteiger charge is 2.38. The van der Waals surface area contributed by atoms with Crippen LogP contribution in [0.25, 0.3) is 0 Å². The third kappa shape index (κ3) is 5.09. The monoisotopic (exact) mass is 383 g/mol. The van der Waals surface area contributed by atoms with Crippen molar-refractivity contribution in [1.82, 2.24) is 4.90 Å². The molecule has 146 valence electrons. The average molecular weight is 383 g/mol. The molecule has 0 saturated carbocycles. The van der Waals surface area contributed by atoms with Crippen LogP contribution in [0.15, 0.2) is 42.5 Å². The molecule has 0 aliphatic carbocycles. The van der Waals surface area contributed by atoms with Crippen molar-refractivity contribution in [3.63, 3.8) is 0 Å². The predicted octanol–water partition coefficient (Wildman–Crippen LogP) is 4.01. The lowest BCUT2D eigenvalue weighted by molar-refractivity contribution is -0.167. The Morgan fingerprint density at radius 2 is 2.00 bits per heavy atom. The molecule has 2 amide bonds. The SMILES string of the molecule is O=C(C=CC1CCOC(CC(F)(F)F)C1)N1C(=O)OC[C@H]1c1ccccc1. The number of carbonyl (C=O) groups excluding carboxylic acids is 2. The van der Waals surface area contributed by atoms with Gasteiger partial charge in [-0.3, -0.25) is 4.79 Å². The summed E-state index contributed by atoms with van der Waals surface area (Å²) in [6.07, 6.45) is -3.36. The molecule has 1 aromatic rings. The van der Waals surface area contributed by atoms with Gasteiger partial charge in [-0.25, -0.2) is 9.69 Å². The molecule has 2 heterocycles. The molecule has 1 aromatic carbocycles. The zero-order valence-corrected chi connectivity index (χ0v) is 14.5. The van der Waals surface area contributed by atoms with Gasteiger partial charge >= 0.3 is 12.3 Å². The number of ether oxygens (including phenoxy) is 2. The molecule has 2 aliphatic heterocycles. The van der Waals surface area contributed by atoms with E-state index in [1.165, 1.54) is 6.08 Å². The fraction of sp³-hybridized carbons (Fsp3) is 0.474. The smallest absolute Gasteiger partial charge is 0.417 e. The number of alkyl halides is 3. The number of nitrogens with zero attached hydrogens (tertiary/aromatic N) is 1. The van der Waals surface area contributed by atoms with Crippen molar-refractivity contribution in [1.29, 1.82) is 0 Å². The van der Waals surface area contributed by atoms with Crippen molar-refractivity contribution in [3.05, 3.63) is 48.0 Å². The highest BCUT2D eigenvalue weighted by atomic mass is 19.4. The number of benzene rings is 1. The Morgan fingerprint density at radius 1 is 1.26 bits per heavy atom. The van der Waals surface area contributed by atoms with E-state index in [9.17, 15) is 22.8 Å². The lowest BCUT2D eigenvalue weighted by Gasteiger charge is -2.28. The van der Waals surface area contributed by atoms with Crippen LogP contribution in [-0.2, 0) is 14.3 Å². The number of carbonyl (C=O) groups is 2. The highest BCUT2D eigenvalue weighted by Crippen LogP contribution is 2.31. The zero-order chi connectivity index (χ0) is 19.4. The summed E-state index contributed by atoms with van der Waals surface area (Å²) in [5.74, 6) is -0.742. The van der Waals surface area contributed by atoms with Crippen LogP contribution in [0, 0.1) is 5.92 Å². The van der Waals surface area contributed by atoms with Gasteiger partial charge in [0.05, 0.1) is 12.5 Å². The van der Waals surface area contributed by atoms with Gasteiger partial charge in [-0.15, -0.1) is 0 Å². The standard InChI is InChI=1S/C19H20F3NO4/c20-19(21,22)11-15-10-13(8-9-26-15)6-7-17(24)23-16(12-27-18(23)25)14-4-2-1-3-5-14/h1-7,13,15-16H,8-12H2/t13?,15?,16-/m0/s1. The highest BCUT2D eigenvalue weighted by molar-refractivity contribution is 5.99. The number of halogens is 3. The van der Waals surface area contributed by atoms with E-state index in [1.54, 1.807) is 30.3 Å². The van der Waals surface area contributed by atoms with E-state index in [0.29, 0.717) is 6.42 Å². The number of cyclic esters (lactones) is 1. The van der Waals surface area contributed by atoms with Crippen LogP contribution in [0.5, 0.6) is 0 Å². The maximum absolute atomic E-state index is 12.5. The molecule has 2 saturated heterocycles. The molecule has 2 unspecified atom stereocenters. The summed E-state index contributed by atoms with van der Waals surface area (Å²) in [7, 11) is 0. The molecule has 2 fully saturated rings. The number of hydrogen-bond donors (Lipinski definition) is 0. The third-order valence-electron chi connectivity index (χ3n) is 4.67. The molecule has 0 radical (unpaired) electrons. The number of hydrogen-bond acceptors (Lipinski definition) is 4. The molecule has 2 aliphatic rings. The Bertz CT molecular complexity index is 705. The first-order chi connectivity index (χ1) is 12.8. The van der Waals surface area contributed by atoms with Crippen LogP contribution in [0.4, 0.5) is 18.0 Å². The molecule has 5 nitrogen and oxygen atoms in total. The average Bonchev–Trinajstić information content (AvgIpc) is 3.01. The van der Waals surface area contributed by atoms with Gasteiger partial charge in [0.2, 0.25) is 0 Å². The topological polar surface area (TPSA) is 55.8 Å². The first-order valence-electron chi connectivity index (χ1n) is 8.75. The largest absolute Gasteiger partial charge is 0.446 e. The number of imide groups is 1. The molecule has 3 rings (SSSR count). The Balaban J connectivity index is 1.64. The van der Waals surface area contributed by atoms with Crippen LogP contribution >= 0.6 is 0 Å². The second-order valence-electron chi connectivity index (χ2n) is 6.67. The Kier molecular flexibility index (Phi) is 5.84. The second kappa shape index (κ2) is 8.12. The lowest BCUT2D eigenvalue weighted by atomic mass is 9.93. The first kappa shape index (κ1) is 19.4. The summed E-state index contributed by atoms with van der Waals surface area (Å²) < 4.78 is 47.7. The molecule has 0 N–H and O–H groups in total. The van der Waals surface area contributed by atoms with Gasteiger partial charge in [-0.2, -0.15) is 13.2 Å². The maximum atomic E-state index is 12.5. The quantitative estimate of drug-likeness (QED) is 0.738. The molecule has 0 bridgehead atoms. The van der Waals surface area contributed by atoms with Crippen molar-refractivity contribution in [2.75, 3.05) is 13.2 Å². The van der Waals surface area contributed by atoms with Crippen molar-refractivity contribution in [2.45, 2.75) is 37.6 Å². The molecule has 0 spiro atoms. The molecule has 27 heavy (non-hydrogen) atoms. The van der Waals surface area contributed by atoms with E-state index in [2.05, 4.69) is 0 Å². The molecule has 0 aromatic heterocycles. The predicted molar refractivity (Wildman–Crippen MR) is 89.7 cm³/mol. The third-order valence-corrected chi connectivity index (χ3v) is 4.67. The van der Waals surface area contributed by atoms with E-state index in [0.717, 1.165) is 10.5 Å². The van der Waals surface area contributed by atoms with E-state index in [-0.39, 0.29) is 25.6 Å². The summed E-state index contributed by atoms with van der Waals surface area (Å²) >= 11 is 0. The normalized spacial score (nSPS) is 26.4. The van der Waals surface area contributed by atoms with Gasteiger partial charge in [-0.05, 0) is 30.4 Å². The van der Waals surface area contributed by atoms with Crippen LogP contribution in [0.3, 0.4) is 0 Å². The number of rotatable bonds is 4. The zero-order valence-electron chi connectivity index (χ0n) is 14.5. The van der Waals surface area contributed by atoms with E-state index in [1.807, 2.05) is 6.07 Å². The number of amides is 2. The van der Waals surface area contributed by atoms with E-state index in [4.69, 9.17) is 9.47 Å². The lowest BCUT2D eigenvalue weighted by Crippen LogP contribution is -2.33. The van der Waals surface area contributed by atoms with Gasteiger partial charge in [-0.1, -0.05) is 36.4 Å². The van der Waals surface area contributed by atoms with Crippen LogP contribution < -0.4 is 0 Å². The maximum Gasteiger partial charge on any atom is 0.417 e. The van der Waals surface area contributed by atoms with Gasteiger partial charge < -0.3 is 9.47 Å². The molecule has 8 heteroatoms. The van der Waals surface area contributed by atoms with E-state index < -0.39 is 36.7 Å². The van der Waals surface area contributed by atoms with Crippen molar-refractivity contribution >= 4 is 12.0 Å². The minimum atomic E-state index is -4.28. The van der Waals surface area contributed by atoms with Gasteiger partial charge in [0.1, 0.15) is 12.6 Å². The second-order valence-corrected chi connectivity index (χ2v) is 6.67. The van der Waals surface area contributed by atoms with Crippen molar-refractivity contribution in [3.8, 4) is 0 Å². The van der Waals surface area contributed by atoms with Crippen LogP contribution in [0.1, 0.15) is 30.9 Å². The summed E-state index contributed by atoms with van der Waals surface area (Å²) in [4.78, 5) is 25.5. The molecular weight excluding hydrogens is 363 g/mol. The van der Waals surface area contributed by atoms with Gasteiger partial charge in [0, 0.05) is 6.61 Å². The fourth-order valence-corrected chi connectivity index (χ4v) is 3.37. The Morgan fingerprint density at radius 3 is 2.70 bits per heavy atom. The minimum absolute atomic E-state index is 0.0767. The molecule has 3 atom stereocenters. The summed E-state index contributed by atoms with van der Waals surface area (Å²) in [5, 5.41) is 0. The summed E-state index contributed by atoms with van der Waals surface area (Å²) in [5.41, 5.74) is 0.779. The molecular formula is C19H20F3NO4. The van der Waals surface area contributed by atoms with E-state index >= 15 is 0 Å². The number of allylic oxidation sites excluding steroid dienone is 1. The van der Waals surface area contributed by atoms with Gasteiger partial charge in [0.25, 0.3) is 5.91 Å². The first-order valence-corrected chi connectivity index (χ1v) is 8.75. The van der Waals surface area contributed by atoms with Crippen LogP contribution in [0.2, 0.25) is 0 Å². The van der Waals surface area contributed by atoms with Crippen molar-refractivity contribution < 1.29 is 32.2 Å². The van der Waals surface area contributed by atoms with Crippen molar-refractivity contribution in [2.24, 2.45) is 5.92 Å². The van der Waals surface area contributed by atoms with Crippen LogP contribution in [-0.4, -0.2) is 42.4 Å². The fourth-order valence-electron chi connectivity index (χ4n) is 3.37. The Hall–Kier alpha value is -2.35. The van der Waals surface area contributed by atoms with Gasteiger partial charge in [0.15, 0.2) is 0 Å².